The minimum absolute atomic E-state index is 0.114. The van der Waals surface area contributed by atoms with E-state index in [1.165, 1.54) is 0 Å². The van der Waals surface area contributed by atoms with E-state index in [0.717, 1.165) is 23.7 Å². The molecule has 0 unspecified atom stereocenters. The molecule has 31 heavy (non-hydrogen) atoms. The summed E-state index contributed by atoms with van der Waals surface area (Å²) in [6, 6.07) is 7.69. The number of carboxylic acids is 1. The van der Waals surface area contributed by atoms with Crippen LogP contribution in [0, 0.1) is 5.92 Å². The predicted molar refractivity (Wildman–Crippen MR) is 115 cm³/mol. The number of carbonyl (C=O) groups is 2. The van der Waals surface area contributed by atoms with Crippen molar-refractivity contribution in [1.82, 2.24) is 20.3 Å². The number of aromatic nitrogens is 3. The highest BCUT2D eigenvalue weighted by Crippen LogP contribution is 2.31. The van der Waals surface area contributed by atoms with Gasteiger partial charge in [-0.1, -0.05) is 0 Å². The molecule has 9 nitrogen and oxygen atoms in total. The molecule has 5 rings (SSSR count). The number of hydrogen-bond donors (Lipinski definition) is 4. The minimum Gasteiger partial charge on any atom is -0.481 e. The van der Waals surface area contributed by atoms with Gasteiger partial charge in [0.15, 0.2) is 0 Å². The van der Waals surface area contributed by atoms with Gasteiger partial charge < -0.3 is 21.1 Å². The molecular weight excluding hydrogens is 396 g/mol. The molecule has 0 spiro atoms. The molecule has 2 aliphatic rings. The number of amides is 1. The topological polar surface area (TPSA) is 129 Å². The highest BCUT2D eigenvalue weighted by Gasteiger charge is 2.36. The molecule has 2 aliphatic carbocycles. The monoisotopic (exact) mass is 418 g/mol. The molecule has 4 N–H and O–H groups in total. The van der Waals surface area contributed by atoms with E-state index in [9.17, 15) is 9.59 Å². The molecule has 3 heterocycles. The number of fused-ring (bicyclic) bond motifs is 1. The van der Waals surface area contributed by atoms with E-state index in [1.54, 1.807) is 18.6 Å². The van der Waals surface area contributed by atoms with Crippen LogP contribution in [0.5, 0.6) is 0 Å². The van der Waals surface area contributed by atoms with Gasteiger partial charge in [0.25, 0.3) is 5.91 Å². The van der Waals surface area contributed by atoms with E-state index >= 15 is 0 Å². The highest BCUT2D eigenvalue weighted by atomic mass is 16.4. The second-order valence-electron chi connectivity index (χ2n) is 8.10. The molecule has 0 bridgehead atoms. The van der Waals surface area contributed by atoms with Crippen molar-refractivity contribution in [1.29, 1.82) is 0 Å². The van der Waals surface area contributed by atoms with Gasteiger partial charge in [0.1, 0.15) is 11.6 Å². The van der Waals surface area contributed by atoms with Crippen LogP contribution in [0.3, 0.4) is 0 Å². The van der Waals surface area contributed by atoms with Crippen molar-refractivity contribution in [2.75, 3.05) is 10.6 Å². The van der Waals surface area contributed by atoms with Gasteiger partial charge in [-0.25, -0.2) is 9.97 Å². The lowest BCUT2D eigenvalue weighted by Crippen LogP contribution is -2.46. The molecule has 2 fully saturated rings. The molecule has 0 saturated heterocycles. The van der Waals surface area contributed by atoms with Crippen molar-refractivity contribution >= 4 is 40.1 Å². The Bertz CT molecular complexity index is 1160. The van der Waals surface area contributed by atoms with Crippen LogP contribution in [0.4, 0.5) is 17.3 Å². The van der Waals surface area contributed by atoms with Gasteiger partial charge in [-0.05, 0) is 43.9 Å². The van der Waals surface area contributed by atoms with Gasteiger partial charge in [-0.3, -0.25) is 14.6 Å². The van der Waals surface area contributed by atoms with Gasteiger partial charge in [0.2, 0.25) is 0 Å². The number of carbonyl (C=O) groups excluding carboxylic acids is 1. The summed E-state index contributed by atoms with van der Waals surface area (Å²) in [5.41, 5.74) is 1.98. The number of nitrogens with zero attached hydrogens (tertiary/aromatic N) is 3. The van der Waals surface area contributed by atoms with Crippen LogP contribution in [-0.2, 0) is 4.79 Å². The van der Waals surface area contributed by atoms with Crippen molar-refractivity contribution in [3.05, 3.63) is 48.4 Å². The summed E-state index contributed by atoms with van der Waals surface area (Å²) >= 11 is 0. The molecule has 1 amide bonds. The van der Waals surface area contributed by atoms with Crippen molar-refractivity contribution in [3.8, 4) is 0 Å². The van der Waals surface area contributed by atoms with Crippen molar-refractivity contribution in [2.45, 2.75) is 37.8 Å². The van der Waals surface area contributed by atoms with Crippen LogP contribution in [0.25, 0.3) is 10.9 Å². The maximum Gasteiger partial charge on any atom is 0.306 e. The smallest absolute Gasteiger partial charge is 0.306 e. The molecule has 0 aliphatic heterocycles. The number of anilines is 3. The van der Waals surface area contributed by atoms with E-state index in [1.807, 2.05) is 24.3 Å². The van der Waals surface area contributed by atoms with Gasteiger partial charge in [0, 0.05) is 42.1 Å². The third kappa shape index (κ3) is 4.25. The Labute approximate surface area is 178 Å². The summed E-state index contributed by atoms with van der Waals surface area (Å²) in [5, 5.41) is 19.5. The maximum absolute atomic E-state index is 12.8. The molecule has 2 saturated carbocycles. The van der Waals surface area contributed by atoms with E-state index < -0.39 is 5.97 Å². The molecule has 3 aromatic heterocycles. The third-order valence-corrected chi connectivity index (χ3v) is 5.65. The summed E-state index contributed by atoms with van der Waals surface area (Å²) in [5.74, 6) is -0.195. The number of rotatable bonds is 7. The number of carboxylic acid groups (broad SMARTS) is 1. The lowest BCUT2D eigenvalue weighted by molar-refractivity contribution is -0.145. The Morgan fingerprint density at radius 1 is 1.03 bits per heavy atom. The first-order valence-corrected chi connectivity index (χ1v) is 10.3. The van der Waals surface area contributed by atoms with Gasteiger partial charge in [-0.2, -0.15) is 0 Å². The molecule has 9 heteroatoms. The van der Waals surface area contributed by atoms with Crippen LogP contribution in [0.15, 0.2) is 42.9 Å². The standard InChI is InChI=1S/C22H22N6O3/c29-21(26-15-7-13(8-15)22(30)31)16-11-24-20(9-18(16)25-14-2-3-14)28-19-4-1-12-10-23-6-5-17(12)27-19/h1,4-6,9-11,13-15H,2-3,7-8H2,(H,26,29)(H,30,31)(H2,24,25,27,28)/t13-,15-. The highest BCUT2D eigenvalue weighted by molar-refractivity contribution is 6.00. The normalized spacial score (nSPS) is 20.0. The Hall–Kier alpha value is -3.75. The van der Waals surface area contributed by atoms with Crippen LogP contribution in [-0.4, -0.2) is 44.0 Å². The second-order valence-corrected chi connectivity index (χ2v) is 8.10. The van der Waals surface area contributed by atoms with E-state index in [2.05, 4.69) is 30.9 Å². The van der Waals surface area contributed by atoms with Crippen LogP contribution in [0.1, 0.15) is 36.0 Å². The third-order valence-electron chi connectivity index (χ3n) is 5.65. The first-order chi connectivity index (χ1) is 15.0. The first kappa shape index (κ1) is 19.2. The average Bonchev–Trinajstić information content (AvgIpc) is 3.54. The quantitative estimate of drug-likeness (QED) is 0.461. The Kier molecular flexibility index (Phi) is 4.85. The Balaban J connectivity index is 1.33. The average molecular weight is 418 g/mol. The summed E-state index contributed by atoms with van der Waals surface area (Å²) in [6.45, 7) is 0. The van der Waals surface area contributed by atoms with Crippen LogP contribution in [0.2, 0.25) is 0 Å². The fourth-order valence-electron chi connectivity index (χ4n) is 3.64. The largest absolute Gasteiger partial charge is 0.481 e. The molecule has 0 aromatic carbocycles. The Morgan fingerprint density at radius 2 is 1.87 bits per heavy atom. The minimum atomic E-state index is -0.808. The van der Waals surface area contributed by atoms with E-state index in [4.69, 9.17) is 5.11 Å². The summed E-state index contributed by atoms with van der Waals surface area (Å²) in [4.78, 5) is 36.8. The zero-order chi connectivity index (χ0) is 21.4. The van der Waals surface area contributed by atoms with Gasteiger partial charge in [-0.15, -0.1) is 0 Å². The summed E-state index contributed by atoms with van der Waals surface area (Å²) in [7, 11) is 0. The SMILES string of the molecule is O=C(N[C@H]1C[C@H](C(=O)O)C1)c1cnc(Nc2ccc3cnccc3n2)cc1NC1CC1. The molecule has 0 atom stereocenters. The fourth-order valence-corrected chi connectivity index (χ4v) is 3.64. The lowest BCUT2D eigenvalue weighted by atomic mass is 9.80. The van der Waals surface area contributed by atoms with E-state index in [-0.39, 0.29) is 17.9 Å². The second kappa shape index (κ2) is 7.82. The van der Waals surface area contributed by atoms with Crippen molar-refractivity contribution < 1.29 is 14.7 Å². The zero-order valence-electron chi connectivity index (χ0n) is 16.7. The number of nitrogens with one attached hydrogen (secondary N) is 3. The maximum atomic E-state index is 12.8. The van der Waals surface area contributed by atoms with Crippen molar-refractivity contribution in [2.24, 2.45) is 5.92 Å². The summed E-state index contributed by atoms with van der Waals surface area (Å²) < 4.78 is 0. The van der Waals surface area contributed by atoms with E-state index in [0.29, 0.717) is 41.8 Å². The molecule has 158 valence electrons. The lowest BCUT2D eigenvalue weighted by Gasteiger charge is -2.33. The number of aliphatic carboxylic acids is 1. The van der Waals surface area contributed by atoms with Crippen molar-refractivity contribution in [3.63, 3.8) is 0 Å². The molecular formula is C22H22N6O3. The zero-order valence-corrected chi connectivity index (χ0v) is 16.7. The van der Waals surface area contributed by atoms with Crippen LogP contribution < -0.4 is 16.0 Å². The first-order valence-electron chi connectivity index (χ1n) is 10.3. The number of hydrogen-bond acceptors (Lipinski definition) is 7. The molecule has 0 radical (unpaired) electrons. The van der Waals surface area contributed by atoms with Gasteiger partial charge >= 0.3 is 5.97 Å². The van der Waals surface area contributed by atoms with Crippen LogP contribution >= 0.6 is 0 Å². The fraction of sp³-hybridized carbons (Fsp3) is 0.318. The van der Waals surface area contributed by atoms with Gasteiger partial charge in [0.05, 0.1) is 22.7 Å². The molecule has 3 aromatic rings. The summed E-state index contributed by atoms with van der Waals surface area (Å²) in [6.07, 6.45) is 8.05. The Morgan fingerprint density at radius 3 is 2.65 bits per heavy atom. The number of pyridine rings is 3. The predicted octanol–water partition coefficient (Wildman–Crippen LogP) is 2.94.